The summed E-state index contributed by atoms with van der Waals surface area (Å²) in [6.07, 6.45) is 4.71. The molecule has 1 aliphatic heterocycles. The van der Waals surface area contributed by atoms with Crippen LogP contribution in [0.3, 0.4) is 0 Å². The Kier molecular flexibility index (Phi) is 8.30. The summed E-state index contributed by atoms with van der Waals surface area (Å²) in [7, 11) is 1.63. The number of ether oxygens (including phenoxy) is 1. The number of carbonyl (C=O) groups excluding carboxylic acids is 2. The van der Waals surface area contributed by atoms with Crippen LogP contribution in [0.2, 0.25) is 0 Å². The van der Waals surface area contributed by atoms with E-state index >= 15 is 0 Å². The SMILES string of the molecule is CN(C(=O)C(=Cc1ccc(SC(=S)N2CCOCC2)o1)NC(=O)c1ccccc1)c1ccncc1. The maximum Gasteiger partial charge on any atom is 0.274 e. The minimum Gasteiger partial charge on any atom is -0.450 e. The van der Waals surface area contributed by atoms with Crippen LogP contribution in [0.25, 0.3) is 6.08 Å². The number of benzene rings is 1. The molecule has 180 valence electrons. The molecular formula is C25H24N4O4S2. The maximum absolute atomic E-state index is 13.3. The molecule has 2 amide bonds. The number of nitrogens with zero attached hydrogens (tertiary/aromatic N) is 3. The lowest BCUT2D eigenvalue weighted by molar-refractivity contribution is -0.115. The topological polar surface area (TPSA) is 87.9 Å². The number of hydrogen-bond acceptors (Lipinski definition) is 7. The molecule has 0 radical (unpaired) electrons. The Bertz CT molecular complexity index is 1210. The van der Waals surface area contributed by atoms with Crippen LogP contribution in [0, 0.1) is 0 Å². The van der Waals surface area contributed by atoms with Crippen molar-refractivity contribution in [3.05, 3.63) is 84.0 Å². The summed E-state index contributed by atoms with van der Waals surface area (Å²) in [5.74, 6) is -0.394. The fraction of sp³-hybridized carbons (Fsp3) is 0.200. The van der Waals surface area contributed by atoms with Gasteiger partial charge in [0.15, 0.2) is 5.09 Å². The molecule has 10 heteroatoms. The minimum atomic E-state index is -0.407. The Labute approximate surface area is 213 Å². The van der Waals surface area contributed by atoms with Crippen LogP contribution >= 0.6 is 24.0 Å². The van der Waals surface area contributed by atoms with Gasteiger partial charge in [-0.25, -0.2) is 0 Å². The zero-order valence-electron chi connectivity index (χ0n) is 19.0. The van der Waals surface area contributed by atoms with Gasteiger partial charge >= 0.3 is 0 Å². The van der Waals surface area contributed by atoms with Crippen LogP contribution in [0.1, 0.15) is 16.1 Å². The van der Waals surface area contributed by atoms with Gasteiger partial charge in [0.2, 0.25) is 0 Å². The lowest BCUT2D eigenvalue weighted by Crippen LogP contribution is -2.38. The summed E-state index contributed by atoms with van der Waals surface area (Å²) >= 11 is 6.87. The van der Waals surface area contributed by atoms with Crippen LogP contribution in [-0.4, -0.2) is 59.4 Å². The predicted molar refractivity (Wildman–Crippen MR) is 139 cm³/mol. The second-order valence-corrected chi connectivity index (χ2v) is 9.21. The van der Waals surface area contributed by atoms with Crippen LogP contribution in [0.15, 0.2) is 82.2 Å². The molecule has 3 aromatic rings. The monoisotopic (exact) mass is 508 g/mol. The first kappa shape index (κ1) is 24.6. The van der Waals surface area contributed by atoms with Gasteiger partial charge in [0.1, 0.15) is 15.8 Å². The van der Waals surface area contributed by atoms with Crippen LogP contribution < -0.4 is 10.2 Å². The van der Waals surface area contributed by atoms with E-state index in [9.17, 15) is 9.59 Å². The number of morpholine rings is 1. The number of thioether (sulfide) groups is 1. The van der Waals surface area contributed by atoms with Crippen molar-refractivity contribution in [2.24, 2.45) is 0 Å². The largest absolute Gasteiger partial charge is 0.450 e. The number of hydrogen-bond donors (Lipinski definition) is 1. The first-order valence-corrected chi connectivity index (χ1v) is 12.1. The number of pyridine rings is 1. The quantitative estimate of drug-likeness (QED) is 0.306. The van der Waals surface area contributed by atoms with E-state index in [0.29, 0.717) is 39.6 Å². The van der Waals surface area contributed by atoms with E-state index in [2.05, 4.69) is 15.2 Å². The Hall–Kier alpha value is -3.47. The van der Waals surface area contributed by atoms with Gasteiger partial charge in [-0.2, -0.15) is 0 Å². The average molecular weight is 509 g/mol. The van der Waals surface area contributed by atoms with Gasteiger partial charge in [0.25, 0.3) is 11.8 Å². The Balaban J connectivity index is 1.55. The third-order valence-electron chi connectivity index (χ3n) is 5.22. The third-order valence-corrected chi connectivity index (χ3v) is 6.58. The molecule has 0 bridgehead atoms. The highest BCUT2D eigenvalue weighted by molar-refractivity contribution is 8.22. The highest BCUT2D eigenvalue weighted by Crippen LogP contribution is 2.26. The summed E-state index contributed by atoms with van der Waals surface area (Å²) in [4.78, 5) is 33.7. The summed E-state index contributed by atoms with van der Waals surface area (Å²) in [6, 6.07) is 15.6. The van der Waals surface area contributed by atoms with Crippen LogP contribution in [-0.2, 0) is 9.53 Å². The molecule has 0 saturated carbocycles. The predicted octanol–water partition coefficient (Wildman–Crippen LogP) is 3.82. The lowest BCUT2D eigenvalue weighted by Gasteiger charge is -2.28. The van der Waals surface area contributed by atoms with Crippen molar-refractivity contribution in [3.63, 3.8) is 0 Å². The molecule has 1 N–H and O–H groups in total. The highest BCUT2D eigenvalue weighted by atomic mass is 32.2. The number of carbonyl (C=O) groups is 2. The normalized spacial score (nSPS) is 13.9. The number of anilines is 1. The minimum absolute atomic E-state index is 0.0693. The zero-order valence-corrected chi connectivity index (χ0v) is 20.7. The smallest absolute Gasteiger partial charge is 0.274 e. The number of amides is 2. The van der Waals surface area contributed by atoms with Gasteiger partial charge in [-0.1, -0.05) is 30.4 Å². The van der Waals surface area contributed by atoms with Crippen molar-refractivity contribution >= 4 is 51.9 Å². The third kappa shape index (κ3) is 6.56. The molecule has 35 heavy (non-hydrogen) atoms. The number of rotatable bonds is 6. The van der Waals surface area contributed by atoms with E-state index in [0.717, 1.165) is 13.1 Å². The van der Waals surface area contributed by atoms with Gasteiger partial charge in [0, 0.05) is 49.9 Å². The van der Waals surface area contributed by atoms with Crippen molar-refractivity contribution in [1.29, 1.82) is 0 Å². The number of likely N-dealkylation sites (N-methyl/N-ethyl adjacent to an activating group) is 1. The molecule has 3 heterocycles. The molecule has 8 nitrogen and oxygen atoms in total. The van der Waals surface area contributed by atoms with Gasteiger partial charge in [-0.15, -0.1) is 0 Å². The molecule has 1 saturated heterocycles. The first-order chi connectivity index (χ1) is 17.0. The number of aromatic nitrogens is 1. The van der Waals surface area contributed by atoms with Crippen molar-refractivity contribution in [1.82, 2.24) is 15.2 Å². The van der Waals surface area contributed by atoms with E-state index in [1.807, 2.05) is 6.07 Å². The molecular weight excluding hydrogens is 484 g/mol. The molecule has 0 aliphatic carbocycles. The van der Waals surface area contributed by atoms with Gasteiger partial charge in [-0.3, -0.25) is 14.6 Å². The first-order valence-electron chi connectivity index (χ1n) is 10.9. The van der Waals surface area contributed by atoms with Crippen molar-refractivity contribution in [2.75, 3.05) is 38.3 Å². The molecule has 0 spiro atoms. The van der Waals surface area contributed by atoms with Gasteiger partial charge in [-0.05, 0) is 48.2 Å². The fourth-order valence-corrected chi connectivity index (χ4v) is 4.49. The number of thiocarbonyl (C=S) groups is 1. The number of furan rings is 1. The molecule has 1 aliphatic rings. The number of nitrogens with one attached hydrogen (secondary N) is 1. The Morgan fingerprint density at radius 1 is 1.09 bits per heavy atom. The van der Waals surface area contributed by atoms with Crippen molar-refractivity contribution in [2.45, 2.75) is 5.09 Å². The Morgan fingerprint density at radius 3 is 2.51 bits per heavy atom. The fourth-order valence-electron chi connectivity index (χ4n) is 3.31. The van der Waals surface area contributed by atoms with Gasteiger partial charge < -0.3 is 24.3 Å². The summed E-state index contributed by atoms with van der Waals surface area (Å²) < 4.78 is 12.0. The standard InChI is InChI=1S/C25H24N4O4S2/c1-28(19-9-11-26-12-10-19)24(31)21(27-23(30)18-5-3-2-4-6-18)17-20-7-8-22(33-20)35-25(34)29-13-15-32-16-14-29/h2-12,17H,13-16H2,1H3,(H,27,30). The summed E-state index contributed by atoms with van der Waals surface area (Å²) in [5.41, 5.74) is 1.14. The highest BCUT2D eigenvalue weighted by Gasteiger charge is 2.21. The summed E-state index contributed by atoms with van der Waals surface area (Å²) in [6.45, 7) is 2.77. The van der Waals surface area contributed by atoms with Crippen molar-refractivity contribution < 1.29 is 18.7 Å². The molecule has 0 unspecified atom stereocenters. The van der Waals surface area contributed by atoms with E-state index in [1.165, 1.54) is 22.7 Å². The van der Waals surface area contributed by atoms with E-state index in [-0.39, 0.29) is 5.70 Å². The van der Waals surface area contributed by atoms with Gasteiger partial charge in [0.05, 0.1) is 13.2 Å². The molecule has 0 atom stereocenters. The second-order valence-electron chi connectivity index (χ2n) is 7.57. The zero-order chi connectivity index (χ0) is 24.6. The Morgan fingerprint density at radius 2 is 1.80 bits per heavy atom. The van der Waals surface area contributed by atoms with E-state index in [4.69, 9.17) is 21.4 Å². The molecule has 2 aromatic heterocycles. The van der Waals surface area contributed by atoms with E-state index in [1.54, 1.807) is 68.0 Å². The molecule has 1 fully saturated rings. The second kappa shape index (κ2) is 11.8. The average Bonchev–Trinajstić information content (AvgIpc) is 3.35. The molecule has 1 aromatic carbocycles. The molecule has 4 rings (SSSR count). The van der Waals surface area contributed by atoms with Crippen molar-refractivity contribution in [3.8, 4) is 0 Å². The van der Waals surface area contributed by atoms with E-state index < -0.39 is 11.8 Å². The maximum atomic E-state index is 13.3. The van der Waals surface area contributed by atoms with Crippen LogP contribution in [0.5, 0.6) is 0 Å². The lowest BCUT2D eigenvalue weighted by atomic mass is 10.2. The summed E-state index contributed by atoms with van der Waals surface area (Å²) in [5, 5.41) is 3.33. The van der Waals surface area contributed by atoms with Crippen LogP contribution in [0.4, 0.5) is 5.69 Å².